The molecule has 1 aliphatic carbocycles. The largest absolute Gasteiger partial charge is 0.239 e. The Morgan fingerprint density at radius 3 is 1.70 bits per heavy atom. The van der Waals surface area contributed by atoms with Crippen molar-refractivity contribution >= 4 is 11.9 Å². The molecule has 0 saturated heterocycles. The summed E-state index contributed by atoms with van der Waals surface area (Å²) in [6.07, 6.45) is 1.74. The maximum Gasteiger partial charge on any atom is 0.200 e. The van der Waals surface area contributed by atoms with Crippen LogP contribution in [0.5, 0.6) is 0 Å². The minimum absolute atomic E-state index is 0.189. The van der Waals surface area contributed by atoms with E-state index in [2.05, 4.69) is 0 Å². The van der Waals surface area contributed by atoms with Gasteiger partial charge in [-0.2, -0.15) is 0 Å². The van der Waals surface area contributed by atoms with Gasteiger partial charge in [0.15, 0.2) is 23.3 Å². The van der Waals surface area contributed by atoms with E-state index in [4.69, 9.17) is 0 Å². The number of hydrogen-bond donors (Lipinski definition) is 0. The molecule has 0 aliphatic heterocycles. The van der Waals surface area contributed by atoms with Gasteiger partial charge < -0.3 is 0 Å². The quantitative estimate of drug-likeness (QED) is 0.261. The highest BCUT2D eigenvalue weighted by Crippen LogP contribution is 2.39. The van der Waals surface area contributed by atoms with Crippen molar-refractivity contribution in [1.29, 1.82) is 0 Å². The van der Waals surface area contributed by atoms with Crippen molar-refractivity contribution in [1.82, 2.24) is 4.31 Å². The van der Waals surface area contributed by atoms with Gasteiger partial charge in [-0.3, -0.25) is 0 Å². The molecule has 0 N–H and O–H groups in total. The average molecular weight is 413 g/mol. The molecule has 0 atom stereocenters. The lowest BCUT2D eigenvalue weighted by atomic mass is 9.93. The SMILES string of the molecule is Fc1cc(F)c(CN(Sc2c(F)c(F)c(F)c(F)c2F)C2CCC2)c(F)c1. The fourth-order valence-corrected chi connectivity index (χ4v) is 3.70. The highest BCUT2D eigenvalue weighted by Gasteiger charge is 2.32. The molecular weight excluding hydrogens is 402 g/mol. The second kappa shape index (κ2) is 7.67. The molecule has 0 spiro atoms. The molecule has 1 nitrogen and oxygen atoms in total. The molecule has 1 saturated carbocycles. The van der Waals surface area contributed by atoms with E-state index in [9.17, 15) is 35.1 Å². The summed E-state index contributed by atoms with van der Waals surface area (Å²) >= 11 is 0.189. The lowest BCUT2D eigenvalue weighted by Gasteiger charge is -2.36. The summed E-state index contributed by atoms with van der Waals surface area (Å²) in [4.78, 5) is -1.17. The molecule has 1 aliphatic rings. The molecule has 0 unspecified atom stereocenters. The fraction of sp³-hybridized carbons (Fsp3) is 0.294. The number of hydrogen-bond acceptors (Lipinski definition) is 2. The van der Waals surface area contributed by atoms with Crippen LogP contribution in [0.3, 0.4) is 0 Å². The van der Waals surface area contributed by atoms with Crippen LogP contribution in [0.4, 0.5) is 35.1 Å². The molecule has 146 valence electrons. The molecule has 0 bridgehead atoms. The summed E-state index contributed by atoms with van der Waals surface area (Å²) in [5.74, 6) is -14.1. The molecule has 2 aromatic rings. The summed E-state index contributed by atoms with van der Waals surface area (Å²) in [5, 5.41) is 0. The second-order valence-corrected chi connectivity index (χ2v) is 7.06. The summed E-state index contributed by atoms with van der Waals surface area (Å²) in [5.41, 5.74) is -0.570. The van der Waals surface area contributed by atoms with Gasteiger partial charge in [0.2, 0.25) is 5.82 Å². The number of nitrogens with zero attached hydrogens (tertiary/aromatic N) is 1. The van der Waals surface area contributed by atoms with Crippen LogP contribution in [0, 0.1) is 46.5 Å². The molecule has 0 amide bonds. The molecule has 2 aromatic carbocycles. The van der Waals surface area contributed by atoms with Crippen molar-refractivity contribution in [2.45, 2.75) is 36.7 Å². The van der Waals surface area contributed by atoms with Gasteiger partial charge in [-0.15, -0.1) is 0 Å². The van der Waals surface area contributed by atoms with Crippen molar-refractivity contribution in [3.63, 3.8) is 0 Å². The fourth-order valence-electron chi connectivity index (χ4n) is 2.57. The zero-order valence-electron chi connectivity index (χ0n) is 13.4. The standard InChI is InChI=1S/C17H11F8NS/c18-7-4-10(19)9(11(20)5-7)6-26(8-2-1-3-8)27-17-15(24)13(22)12(21)14(23)16(17)25/h4-5,8H,1-3,6H2. The Labute approximate surface area is 153 Å². The molecule has 0 aromatic heterocycles. The Balaban J connectivity index is 1.97. The van der Waals surface area contributed by atoms with Crippen LogP contribution < -0.4 is 0 Å². The smallest absolute Gasteiger partial charge is 0.200 e. The topological polar surface area (TPSA) is 3.24 Å². The number of halogens is 8. The summed E-state index contributed by atoms with van der Waals surface area (Å²) < 4.78 is 110. The van der Waals surface area contributed by atoms with Crippen molar-refractivity contribution in [3.05, 3.63) is 64.2 Å². The van der Waals surface area contributed by atoms with E-state index in [-0.39, 0.29) is 11.9 Å². The Kier molecular flexibility index (Phi) is 5.66. The van der Waals surface area contributed by atoms with Gasteiger partial charge in [-0.25, -0.2) is 39.4 Å². The van der Waals surface area contributed by atoms with Gasteiger partial charge in [0, 0.05) is 30.3 Å². The van der Waals surface area contributed by atoms with E-state index >= 15 is 0 Å². The van der Waals surface area contributed by atoms with Crippen LogP contribution >= 0.6 is 11.9 Å². The normalized spacial score (nSPS) is 14.7. The van der Waals surface area contributed by atoms with E-state index in [0.29, 0.717) is 25.0 Å². The third-order valence-electron chi connectivity index (χ3n) is 4.28. The Morgan fingerprint density at radius 1 is 0.778 bits per heavy atom. The van der Waals surface area contributed by atoms with E-state index in [1.54, 1.807) is 0 Å². The second-order valence-electron chi connectivity index (χ2n) is 6.00. The van der Waals surface area contributed by atoms with Gasteiger partial charge in [0.05, 0.1) is 0 Å². The van der Waals surface area contributed by atoms with E-state index in [1.807, 2.05) is 0 Å². The zero-order chi connectivity index (χ0) is 19.9. The maximum absolute atomic E-state index is 13.9. The van der Waals surface area contributed by atoms with Gasteiger partial charge >= 0.3 is 0 Å². The first-order valence-corrected chi connectivity index (χ1v) is 8.57. The van der Waals surface area contributed by atoms with Crippen LogP contribution in [0.15, 0.2) is 17.0 Å². The monoisotopic (exact) mass is 413 g/mol. The van der Waals surface area contributed by atoms with Gasteiger partial charge in [-0.1, -0.05) is 6.42 Å². The Bertz CT molecular complexity index is 832. The number of rotatable bonds is 5. The molecular formula is C17H11F8NS. The first kappa shape index (κ1) is 19.9. The molecule has 1 fully saturated rings. The lowest BCUT2D eigenvalue weighted by Crippen LogP contribution is -2.35. The maximum atomic E-state index is 13.9. The Morgan fingerprint density at radius 2 is 1.26 bits per heavy atom. The van der Waals surface area contributed by atoms with Crippen LogP contribution in [-0.4, -0.2) is 10.3 Å². The molecule has 27 heavy (non-hydrogen) atoms. The summed E-state index contributed by atoms with van der Waals surface area (Å²) in [6, 6.07) is 0.495. The van der Waals surface area contributed by atoms with Crippen LogP contribution in [0.1, 0.15) is 24.8 Å². The van der Waals surface area contributed by atoms with Crippen molar-refractivity contribution in [2.24, 2.45) is 0 Å². The van der Waals surface area contributed by atoms with Gasteiger partial charge in [0.25, 0.3) is 0 Å². The van der Waals surface area contributed by atoms with Crippen LogP contribution in [0.25, 0.3) is 0 Å². The van der Waals surface area contributed by atoms with Crippen molar-refractivity contribution < 1.29 is 35.1 Å². The highest BCUT2D eigenvalue weighted by atomic mass is 32.2. The zero-order valence-corrected chi connectivity index (χ0v) is 14.3. The van der Waals surface area contributed by atoms with Crippen LogP contribution in [-0.2, 0) is 6.54 Å². The predicted octanol–water partition coefficient (Wildman–Crippen LogP) is 5.86. The molecule has 10 heteroatoms. The predicted molar refractivity (Wildman–Crippen MR) is 81.6 cm³/mol. The van der Waals surface area contributed by atoms with Gasteiger partial charge in [-0.05, 0) is 24.8 Å². The first-order chi connectivity index (χ1) is 12.7. The lowest BCUT2D eigenvalue weighted by molar-refractivity contribution is 0.226. The van der Waals surface area contributed by atoms with E-state index in [1.165, 1.54) is 0 Å². The third kappa shape index (κ3) is 3.77. The highest BCUT2D eigenvalue weighted by molar-refractivity contribution is 7.97. The van der Waals surface area contributed by atoms with Crippen molar-refractivity contribution in [3.8, 4) is 0 Å². The van der Waals surface area contributed by atoms with E-state index in [0.717, 1.165) is 10.7 Å². The van der Waals surface area contributed by atoms with E-state index < -0.39 is 69.6 Å². The Hall–Kier alpha value is -1.81. The summed E-state index contributed by atoms with van der Waals surface area (Å²) in [7, 11) is 0. The van der Waals surface area contributed by atoms with Crippen molar-refractivity contribution in [2.75, 3.05) is 0 Å². The molecule has 0 heterocycles. The summed E-state index contributed by atoms with van der Waals surface area (Å²) in [6.45, 7) is -0.549. The first-order valence-electron chi connectivity index (χ1n) is 7.80. The van der Waals surface area contributed by atoms with Crippen LogP contribution in [0.2, 0.25) is 0 Å². The molecule has 0 radical (unpaired) electrons. The minimum Gasteiger partial charge on any atom is -0.239 e. The third-order valence-corrected chi connectivity index (χ3v) is 5.48. The minimum atomic E-state index is -2.29. The number of benzene rings is 2. The van der Waals surface area contributed by atoms with Gasteiger partial charge in [0.1, 0.15) is 22.3 Å². The molecule has 3 rings (SSSR count). The average Bonchev–Trinajstić information content (AvgIpc) is 2.56.